The molecule has 0 bridgehead atoms. The lowest BCUT2D eigenvalue weighted by Gasteiger charge is -2.13. The Kier molecular flexibility index (Phi) is 11.8. The predicted octanol–water partition coefficient (Wildman–Crippen LogP) is 3.68. The summed E-state index contributed by atoms with van der Waals surface area (Å²) in [6.45, 7) is 7.26. The highest BCUT2D eigenvalue weighted by Gasteiger charge is 2.06. The van der Waals surface area contributed by atoms with Crippen LogP contribution in [-0.2, 0) is 6.54 Å². The molecule has 0 unspecified atom stereocenters. The number of nitrogens with zero attached hydrogens (tertiary/aromatic N) is 1. The van der Waals surface area contributed by atoms with E-state index in [2.05, 4.69) is 35.7 Å². The molecule has 1 aromatic rings. The molecule has 0 fully saturated rings. The minimum Gasteiger partial charge on any atom is -0.493 e. The summed E-state index contributed by atoms with van der Waals surface area (Å²) >= 11 is 1.89. The first-order valence-electron chi connectivity index (χ1n) is 9.05. The second kappa shape index (κ2) is 13.7. The Labute approximate surface area is 157 Å². The number of hydrogen-bond donors (Lipinski definition) is 2. The molecule has 6 heteroatoms. The Hall–Kier alpha value is -1.56. The van der Waals surface area contributed by atoms with Crippen LogP contribution in [0.25, 0.3) is 0 Å². The van der Waals surface area contributed by atoms with Crippen LogP contribution in [0.15, 0.2) is 23.2 Å². The van der Waals surface area contributed by atoms with Crippen molar-refractivity contribution in [3.05, 3.63) is 23.8 Å². The van der Waals surface area contributed by atoms with E-state index in [1.54, 1.807) is 7.11 Å². The maximum Gasteiger partial charge on any atom is 0.191 e. The van der Waals surface area contributed by atoms with Crippen LogP contribution >= 0.6 is 11.8 Å². The fourth-order valence-corrected chi connectivity index (χ4v) is 2.72. The van der Waals surface area contributed by atoms with E-state index in [0.29, 0.717) is 13.2 Å². The van der Waals surface area contributed by atoms with Gasteiger partial charge in [0.2, 0.25) is 0 Å². The molecule has 0 amide bonds. The van der Waals surface area contributed by atoms with E-state index in [9.17, 15) is 0 Å². The van der Waals surface area contributed by atoms with Gasteiger partial charge in [-0.1, -0.05) is 13.0 Å². The van der Waals surface area contributed by atoms with Crippen molar-refractivity contribution in [1.82, 2.24) is 10.6 Å². The lowest BCUT2D eigenvalue weighted by Crippen LogP contribution is -2.37. The summed E-state index contributed by atoms with van der Waals surface area (Å²) < 4.78 is 11.1. The van der Waals surface area contributed by atoms with Gasteiger partial charge < -0.3 is 20.1 Å². The van der Waals surface area contributed by atoms with Crippen molar-refractivity contribution in [2.24, 2.45) is 4.99 Å². The maximum atomic E-state index is 5.69. The third kappa shape index (κ3) is 8.91. The minimum absolute atomic E-state index is 0.602. The number of rotatable bonds is 12. The third-order valence-corrected chi connectivity index (χ3v) is 4.22. The molecule has 1 rings (SSSR count). The average molecular weight is 368 g/mol. The minimum atomic E-state index is 0.602. The molecule has 0 saturated heterocycles. The monoisotopic (exact) mass is 367 g/mol. The summed E-state index contributed by atoms with van der Waals surface area (Å²) in [4.78, 5) is 4.66. The van der Waals surface area contributed by atoms with Crippen molar-refractivity contribution < 1.29 is 9.47 Å². The average Bonchev–Trinajstić information content (AvgIpc) is 2.64. The molecule has 0 aliphatic heterocycles. The van der Waals surface area contributed by atoms with Gasteiger partial charge in [-0.05, 0) is 55.9 Å². The quantitative estimate of drug-likeness (QED) is 0.335. The fraction of sp³-hybridized carbons (Fsp3) is 0.632. The predicted molar refractivity (Wildman–Crippen MR) is 109 cm³/mol. The summed E-state index contributed by atoms with van der Waals surface area (Å²) in [5.74, 6) is 3.62. The Balaban J connectivity index is 2.61. The van der Waals surface area contributed by atoms with Crippen LogP contribution < -0.4 is 20.1 Å². The van der Waals surface area contributed by atoms with Gasteiger partial charge in [0.1, 0.15) is 0 Å². The van der Waals surface area contributed by atoms with Gasteiger partial charge in [0.05, 0.1) is 20.3 Å². The summed E-state index contributed by atoms with van der Waals surface area (Å²) in [6.07, 6.45) is 5.50. The molecule has 0 spiro atoms. The van der Waals surface area contributed by atoms with Crippen molar-refractivity contribution in [3.63, 3.8) is 0 Å². The number of aliphatic imine (C=N–C) groups is 1. The van der Waals surface area contributed by atoms with Crippen molar-refractivity contribution >= 4 is 17.7 Å². The van der Waals surface area contributed by atoms with Gasteiger partial charge in [0, 0.05) is 13.1 Å². The van der Waals surface area contributed by atoms with E-state index < -0.39 is 0 Å². The van der Waals surface area contributed by atoms with Gasteiger partial charge in [-0.3, -0.25) is 0 Å². The Morgan fingerprint density at radius 1 is 1.16 bits per heavy atom. The van der Waals surface area contributed by atoms with Crippen LogP contribution in [0.1, 0.15) is 38.7 Å². The van der Waals surface area contributed by atoms with Gasteiger partial charge in [0.15, 0.2) is 17.5 Å². The number of unbranched alkanes of at least 4 members (excludes halogenated alkanes) is 1. The molecule has 5 nitrogen and oxygen atoms in total. The molecule has 1 aromatic carbocycles. The fourth-order valence-electron chi connectivity index (χ4n) is 2.23. The first-order valence-corrected chi connectivity index (χ1v) is 10.4. The molecule has 0 aliphatic carbocycles. The van der Waals surface area contributed by atoms with Crippen molar-refractivity contribution in [2.45, 2.75) is 39.7 Å². The number of thioether (sulfide) groups is 1. The molecular weight excluding hydrogens is 334 g/mol. The topological polar surface area (TPSA) is 54.9 Å². The second-order valence-electron chi connectivity index (χ2n) is 5.66. The maximum absolute atomic E-state index is 5.69. The van der Waals surface area contributed by atoms with Crippen LogP contribution in [0.3, 0.4) is 0 Å². The largest absolute Gasteiger partial charge is 0.493 e. The molecular formula is C19H33N3O2S. The number of nitrogens with one attached hydrogen (secondary N) is 2. The molecule has 2 N–H and O–H groups in total. The van der Waals surface area contributed by atoms with Crippen LogP contribution in [-0.4, -0.2) is 44.8 Å². The zero-order chi connectivity index (χ0) is 18.3. The van der Waals surface area contributed by atoms with E-state index >= 15 is 0 Å². The highest BCUT2D eigenvalue weighted by molar-refractivity contribution is 7.98. The number of hydrogen-bond acceptors (Lipinski definition) is 4. The highest BCUT2D eigenvalue weighted by atomic mass is 32.2. The lowest BCUT2D eigenvalue weighted by molar-refractivity contribution is 0.294. The molecule has 142 valence electrons. The standard InChI is InChI=1S/C19H33N3O2S/c1-5-12-24-17-10-9-16(14-18(17)23-3)15-22-19(20-6-2)21-11-7-8-13-25-4/h9-10,14H,5-8,11-13,15H2,1-4H3,(H2,20,21,22). The normalized spacial score (nSPS) is 11.3. The van der Waals surface area contributed by atoms with E-state index in [1.807, 2.05) is 30.0 Å². The van der Waals surface area contributed by atoms with E-state index in [1.165, 1.54) is 12.2 Å². The van der Waals surface area contributed by atoms with Gasteiger partial charge in [-0.15, -0.1) is 0 Å². The van der Waals surface area contributed by atoms with Crippen LogP contribution in [0.5, 0.6) is 11.5 Å². The molecule has 0 heterocycles. The Morgan fingerprint density at radius 3 is 2.68 bits per heavy atom. The number of benzene rings is 1. The highest BCUT2D eigenvalue weighted by Crippen LogP contribution is 2.28. The zero-order valence-electron chi connectivity index (χ0n) is 16.1. The van der Waals surface area contributed by atoms with Crippen molar-refractivity contribution in [1.29, 1.82) is 0 Å². The zero-order valence-corrected chi connectivity index (χ0v) is 16.9. The number of ether oxygens (including phenoxy) is 2. The van der Waals surface area contributed by atoms with Gasteiger partial charge in [-0.25, -0.2) is 4.99 Å². The van der Waals surface area contributed by atoms with Crippen molar-refractivity contribution in [3.8, 4) is 11.5 Å². The van der Waals surface area contributed by atoms with Crippen LogP contribution in [0.4, 0.5) is 0 Å². The van der Waals surface area contributed by atoms with E-state index in [-0.39, 0.29) is 0 Å². The summed E-state index contributed by atoms with van der Waals surface area (Å²) in [6, 6.07) is 6.00. The number of methoxy groups -OCH3 is 1. The van der Waals surface area contributed by atoms with Crippen LogP contribution in [0, 0.1) is 0 Å². The molecule has 0 aromatic heterocycles. The van der Waals surface area contributed by atoms with Gasteiger partial charge in [-0.2, -0.15) is 11.8 Å². The van der Waals surface area contributed by atoms with Crippen molar-refractivity contribution in [2.75, 3.05) is 38.8 Å². The van der Waals surface area contributed by atoms with Gasteiger partial charge in [0.25, 0.3) is 0 Å². The summed E-state index contributed by atoms with van der Waals surface area (Å²) in [5, 5.41) is 6.68. The van der Waals surface area contributed by atoms with Crippen LogP contribution in [0.2, 0.25) is 0 Å². The first kappa shape index (κ1) is 21.5. The lowest BCUT2D eigenvalue weighted by atomic mass is 10.2. The molecule has 0 aliphatic rings. The van der Waals surface area contributed by atoms with Gasteiger partial charge >= 0.3 is 0 Å². The first-order chi connectivity index (χ1) is 12.2. The Bertz CT molecular complexity index is 509. The van der Waals surface area contributed by atoms with E-state index in [0.717, 1.165) is 49.0 Å². The second-order valence-corrected chi connectivity index (χ2v) is 6.64. The SMILES string of the molecule is CCCOc1ccc(CN=C(NCC)NCCCCSC)cc1OC. The smallest absolute Gasteiger partial charge is 0.191 e. The summed E-state index contributed by atoms with van der Waals surface area (Å²) in [5.41, 5.74) is 1.10. The molecule has 0 radical (unpaired) electrons. The molecule has 0 saturated carbocycles. The third-order valence-electron chi connectivity index (χ3n) is 3.52. The Morgan fingerprint density at radius 2 is 2.00 bits per heavy atom. The van der Waals surface area contributed by atoms with E-state index in [4.69, 9.17) is 9.47 Å². The number of guanidine groups is 1. The summed E-state index contributed by atoms with van der Waals surface area (Å²) in [7, 11) is 1.67. The molecule has 25 heavy (non-hydrogen) atoms. The molecule has 0 atom stereocenters.